The Labute approximate surface area is 91.3 Å². The van der Waals surface area contributed by atoms with Gasteiger partial charge in [0.25, 0.3) is 0 Å². The van der Waals surface area contributed by atoms with Crippen LogP contribution >= 0.6 is 0 Å². The summed E-state index contributed by atoms with van der Waals surface area (Å²) in [5.74, 6) is 1.81. The number of hydrogen-bond donors (Lipinski definition) is 2. The fourth-order valence-corrected chi connectivity index (χ4v) is 1.98. The molecule has 3 nitrogen and oxygen atoms in total. The molecule has 1 aliphatic heterocycles. The van der Waals surface area contributed by atoms with Crippen molar-refractivity contribution in [3.8, 4) is 0 Å². The Morgan fingerprint density at radius 2 is 2.20 bits per heavy atom. The first-order chi connectivity index (χ1) is 7.34. The summed E-state index contributed by atoms with van der Waals surface area (Å²) in [6.07, 6.45) is 2.55. The molecule has 1 aromatic rings. The Bertz CT molecular complexity index is 305. The Morgan fingerprint density at radius 1 is 1.40 bits per heavy atom. The van der Waals surface area contributed by atoms with Crippen molar-refractivity contribution in [2.75, 3.05) is 25.0 Å². The third-order valence-electron chi connectivity index (χ3n) is 2.92. The molecular formula is C12H19N3. The topological polar surface area (TPSA) is 37.0 Å². The first kappa shape index (κ1) is 10.4. The van der Waals surface area contributed by atoms with E-state index >= 15 is 0 Å². The van der Waals surface area contributed by atoms with E-state index in [-0.39, 0.29) is 0 Å². The Balaban J connectivity index is 1.81. The molecule has 0 radical (unpaired) electrons. The zero-order valence-electron chi connectivity index (χ0n) is 9.29. The third-order valence-corrected chi connectivity index (χ3v) is 2.92. The van der Waals surface area contributed by atoms with Crippen molar-refractivity contribution < 1.29 is 0 Å². The first-order valence-electron chi connectivity index (χ1n) is 5.73. The molecule has 1 aromatic heterocycles. The summed E-state index contributed by atoms with van der Waals surface area (Å²) in [5.41, 5.74) is 1.07. The smallest absolute Gasteiger partial charge is 0.126 e. The molecule has 2 N–H and O–H groups in total. The fraction of sp³-hybridized carbons (Fsp3) is 0.583. The Hall–Kier alpha value is -1.09. The maximum atomic E-state index is 4.43. The predicted molar refractivity (Wildman–Crippen MR) is 63.1 cm³/mol. The number of pyridine rings is 1. The standard InChI is InChI=1S/C12H19N3/c1-10-3-2-4-12(15-10)14-9-11-5-7-13-8-6-11/h2-4,11,13H,5-9H2,1H3,(H,14,15). The Morgan fingerprint density at radius 3 is 2.93 bits per heavy atom. The van der Waals surface area contributed by atoms with Crippen molar-refractivity contribution in [2.45, 2.75) is 19.8 Å². The van der Waals surface area contributed by atoms with E-state index in [1.165, 1.54) is 12.8 Å². The minimum absolute atomic E-state index is 0.800. The lowest BCUT2D eigenvalue weighted by molar-refractivity contribution is 0.389. The van der Waals surface area contributed by atoms with Crippen LogP contribution in [0.25, 0.3) is 0 Å². The van der Waals surface area contributed by atoms with Crippen molar-refractivity contribution >= 4 is 5.82 Å². The molecule has 0 amide bonds. The van der Waals surface area contributed by atoms with E-state index in [1.54, 1.807) is 0 Å². The normalized spacial score (nSPS) is 17.7. The molecule has 15 heavy (non-hydrogen) atoms. The van der Waals surface area contributed by atoms with Gasteiger partial charge in [0.05, 0.1) is 0 Å². The van der Waals surface area contributed by atoms with Crippen LogP contribution in [0.1, 0.15) is 18.5 Å². The second-order valence-electron chi connectivity index (χ2n) is 4.24. The maximum absolute atomic E-state index is 4.43. The van der Waals surface area contributed by atoms with Gasteiger partial charge in [-0.3, -0.25) is 0 Å². The van der Waals surface area contributed by atoms with Crippen LogP contribution in [0.15, 0.2) is 18.2 Å². The van der Waals surface area contributed by atoms with Gasteiger partial charge in [0.1, 0.15) is 5.82 Å². The van der Waals surface area contributed by atoms with E-state index in [9.17, 15) is 0 Å². The lowest BCUT2D eigenvalue weighted by Crippen LogP contribution is -2.31. The van der Waals surface area contributed by atoms with Gasteiger partial charge in [-0.25, -0.2) is 4.98 Å². The van der Waals surface area contributed by atoms with Gasteiger partial charge in [-0.05, 0) is 50.9 Å². The van der Waals surface area contributed by atoms with Gasteiger partial charge in [0.2, 0.25) is 0 Å². The lowest BCUT2D eigenvalue weighted by Gasteiger charge is -2.22. The molecule has 0 atom stereocenters. The summed E-state index contributed by atoms with van der Waals surface area (Å²) >= 11 is 0. The van der Waals surface area contributed by atoms with Gasteiger partial charge in [-0.2, -0.15) is 0 Å². The monoisotopic (exact) mass is 205 g/mol. The van der Waals surface area contributed by atoms with Gasteiger partial charge in [-0.15, -0.1) is 0 Å². The SMILES string of the molecule is Cc1cccc(NCC2CCNCC2)n1. The number of hydrogen-bond acceptors (Lipinski definition) is 3. The van der Waals surface area contributed by atoms with E-state index in [0.29, 0.717) is 0 Å². The zero-order chi connectivity index (χ0) is 10.5. The molecule has 0 aliphatic carbocycles. The summed E-state index contributed by atoms with van der Waals surface area (Å²) in [6.45, 7) is 5.40. The number of nitrogens with zero attached hydrogens (tertiary/aromatic N) is 1. The molecule has 0 aromatic carbocycles. The molecule has 0 unspecified atom stereocenters. The van der Waals surface area contributed by atoms with Crippen molar-refractivity contribution in [3.63, 3.8) is 0 Å². The van der Waals surface area contributed by atoms with Crippen LogP contribution in [0.3, 0.4) is 0 Å². The van der Waals surface area contributed by atoms with E-state index in [0.717, 1.165) is 37.1 Å². The molecule has 0 bridgehead atoms. The number of anilines is 1. The van der Waals surface area contributed by atoms with Crippen LogP contribution in [0, 0.1) is 12.8 Å². The van der Waals surface area contributed by atoms with E-state index in [4.69, 9.17) is 0 Å². The number of nitrogens with one attached hydrogen (secondary N) is 2. The van der Waals surface area contributed by atoms with Gasteiger partial charge in [0, 0.05) is 12.2 Å². The molecule has 1 aliphatic rings. The van der Waals surface area contributed by atoms with E-state index < -0.39 is 0 Å². The average Bonchev–Trinajstić information content (AvgIpc) is 2.28. The number of piperidine rings is 1. The van der Waals surface area contributed by atoms with Crippen LogP contribution in [0.4, 0.5) is 5.82 Å². The van der Waals surface area contributed by atoms with Crippen LogP contribution in [0.5, 0.6) is 0 Å². The van der Waals surface area contributed by atoms with E-state index in [2.05, 4.69) is 15.6 Å². The molecule has 2 heterocycles. The number of aryl methyl sites for hydroxylation is 1. The van der Waals surface area contributed by atoms with Gasteiger partial charge < -0.3 is 10.6 Å². The summed E-state index contributed by atoms with van der Waals surface area (Å²) < 4.78 is 0. The van der Waals surface area contributed by atoms with Crippen molar-refractivity contribution in [3.05, 3.63) is 23.9 Å². The number of aromatic nitrogens is 1. The quantitative estimate of drug-likeness (QED) is 0.790. The van der Waals surface area contributed by atoms with Gasteiger partial charge >= 0.3 is 0 Å². The van der Waals surface area contributed by atoms with Crippen LogP contribution in [-0.2, 0) is 0 Å². The number of rotatable bonds is 3. The van der Waals surface area contributed by atoms with Crippen molar-refractivity contribution in [2.24, 2.45) is 5.92 Å². The van der Waals surface area contributed by atoms with Gasteiger partial charge in [-0.1, -0.05) is 6.07 Å². The molecule has 0 saturated carbocycles. The minimum Gasteiger partial charge on any atom is -0.370 e. The highest BCUT2D eigenvalue weighted by Gasteiger charge is 2.12. The molecule has 3 heteroatoms. The predicted octanol–water partition coefficient (Wildman–Crippen LogP) is 1.80. The first-order valence-corrected chi connectivity index (χ1v) is 5.73. The second-order valence-corrected chi connectivity index (χ2v) is 4.24. The molecule has 2 rings (SSSR count). The molecule has 1 fully saturated rings. The summed E-state index contributed by atoms with van der Waals surface area (Å²) in [6, 6.07) is 6.11. The highest BCUT2D eigenvalue weighted by atomic mass is 15.0. The largest absolute Gasteiger partial charge is 0.370 e. The minimum atomic E-state index is 0.800. The summed E-state index contributed by atoms with van der Waals surface area (Å²) in [4.78, 5) is 4.43. The molecule has 1 saturated heterocycles. The highest BCUT2D eigenvalue weighted by Crippen LogP contribution is 2.12. The summed E-state index contributed by atoms with van der Waals surface area (Å²) in [7, 11) is 0. The molecule has 0 spiro atoms. The second kappa shape index (κ2) is 5.12. The average molecular weight is 205 g/mol. The third kappa shape index (κ3) is 3.20. The zero-order valence-corrected chi connectivity index (χ0v) is 9.29. The lowest BCUT2D eigenvalue weighted by atomic mass is 9.98. The van der Waals surface area contributed by atoms with Crippen molar-refractivity contribution in [1.82, 2.24) is 10.3 Å². The van der Waals surface area contributed by atoms with Crippen LogP contribution in [0.2, 0.25) is 0 Å². The van der Waals surface area contributed by atoms with Crippen LogP contribution in [-0.4, -0.2) is 24.6 Å². The van der Waals surface area contributed by atoms with Gasteiger partial charge in [0.15, 0.2) is 0 Å². The molecular weight excluding hydrogens is 186 g/mol. The van der Waals surface area contributed by atoms with E-state index in [1.807, 2.05) is 25.1 Å². The maximum Gasteiger partial charge on any atom is 0.126 e. The highest BCUT2D eigenvalue weighted by molar-refractivity contribution is 5.34. The fourth-order valence-electron chi connectivity index (χ4n) is 1.98. The molecule has 82 valence electrons. The van der Waals surface area contributed by atoms with Crippen LogP contribution < -0.4 is 10.6 Å². The Kier molecular flexibility index (Phi) is 3.56. The summed E-state index contributed by atoms with van der Waals surface area (Å²) in [5, 5.41) is 6.79. The van der Waals surface area contributed by atoms with Crippen molar-refractivity contribution in [1.29, 1.82) is 0 Å².